The van der Waals surface area contributed by atoms with Gasteiger partial charge in [-0.15, -0.1) is 5.10 Å². The monoisotopic (exact) mass is 346 g/mol. The maximum atomic E-state index is 12.2. The fraction of sp³-hybridized carbons (Fsp3) is 0.286. The van der Waals surface area contributed by atoms with Gasteiger partial charge in [0.25, 0.3) is 0 Å². The summed E-state index contributed by atoms with van der Waals surface area (Å²) in [6.45, 7) is 0.641. The van der Waals surface area contributed by atoms with Crippen LogP contribution >= 0.6 is 11.8 Å². The van der Waals surface area contributed by atoms with Crippen molar-refractivity contribution in [2.24, 2.45) is 4.99 Å². The predicted molar refractivity (Wildman–Crippen MR) is 86.7 cm³/mol. The zero-order valence-corrected chi connectivity index (χ0v) is 13.3. The van der Waals surface area contributed by atoms with Gasteiger partial charge in [0.2, 0.25) is 5.16 Å². The van der Waals surface area contributed by atoms with E-state index in [-0.39, 0.29) is 23.1 Å². The smallest absolute Gasteiger partial charge is 0.335 e. The molecule has 1 unspecified atom stereocenters. The maximum Gasteiger partial charge on any atom is 0.335 e. The van der Waals surface area contributed by atoms with Crippen molar-refractivity contribution >= 4 is 29.9 Å². The number of aliphatic imine (C=N–C) groups is 1. The van der Waals surface area contributed by atoms with Crippen LogP contribution in [0, 0.1) is 0 Å². The Labute approximate surface area is 141 Å². The highest BCUT2D eigenvalue weighted by Gasteiger charge is 2.20. The number of tetrazole rings is 1. The molecule has 24 heavy (non-hydrogen) atoms. The van der Waals surface area contributed by atoms with Crippen LogP contribution in [0.2, 0.25) is 0 Å². The Kier molecular flexibility index (Phi) is 4.85. The van der Waals surface area contributed by atoms with Crippen molar-refractivity contribution in [1.82, 2.24) is 25.5 Å². The zero-order valence-electron chi connectivity index (χ0n) is 12.5. The van der Waals surface area contributed by atoms with Crippen LogP contribution in [-0.4, -0.2) is 61.7 Å². The van der Waals surface area contributed by atoms with Crippen molar-refractivity contribution in [3.8, 4) is 5.69 Å². The molecule has 2 N–H and O–H groups in total. The first-order valence-corrected chi connectivity index (χ1v) is 8.15. The summed E-state index contributed by atoms with van der Waals surface area (Å²) in [7, 11) is 0. The fourth-order valence-corrected chi connectivity index (χ4v) is 2.99. The van der Waals surface area contributed by atoms with Crippen LogP contribution < -0.4 is 5.32 Å². The number of carboxylic acid groups (broad SMARTS) is 1. The number of aromatic carboxylic acids is 1. The van der Waals surface area contributed by atoms with Crippen LogP contribution in [0.3, 0.4) is 0 Å². The molecule has 124 valence electrons. The van der Waals surface area contributed by atoms with Gasteiger partial charge >= 0.3 is 5.97 Å². The predicted octanol–water partition coefficient (Wildman–Crippen LogP) is 0.412. The number of hydrogen-bond donors (Lipinski definition) is 2. The number of benzene rings is 1. The largest absolute Gasteiger partial charge is 0.478 e. The molecule has 9 nitrogen and oxygen atoms in total. The van der Waals surface area contributed by atoms with Gasteiger partial charge in [-0.1, -0.05) is 11.8 Å². The summed E-state index contributed by atoms with van der Waals surface area (Å²) in [5.41, 5.74) is 0.809. The van der Waals surface area contributed by atoms with Gasteiger partial charge in [0.1, 0.15) is 0 Å². The molecule has 2 heterocycles. The number of carboxylic acids is 1. The van der Waals surface area contributed by atoms with E-state index in [1.807, 2.05) is 0 Å². The van der Waals surface area contributed by atoms with Gasteiger partial charge in [-0.2, -0.15) is 4.68 Å². The van der Waals surface area contributed by atoms with Crippen molar-refractivity contribution in [2.45, 2.75) is 17.6 Å². The SMILES string of the molecule is O=C(O)c1ccc(-n2nnnc2SCC(=O)C2CCN=CN2)cc1. The average Bonchev–Trinajstić information content (AvgIpc) is 3.09. The lowest BCUT2D eigenvalue weighted by Crippen LogP contribution is -2.40. The van der Waals surface area contributed by atoms with E-state index < -0.39 is 5.97 Å². The van der Waals surface area contributed by atoms with Crippen LogP contribution in [-0.2, 0) is 4.79 Å². The third kappa shape index (κ3) is 3.59. The van der Waals surface area contributed by atoms with Gasteiger partial charge in [0.15, 0.2) is 5.78 Å². The van der Waals surface area contributed by atoms with Gasteiger partial charge in [-0.25, -0.2) is 4.79 Å². The number of rotatable bonds is 6. The molecule has 1 aliphatic rings. The van der Waals surface area contributed by atoms with Crippen LogP contribution in [0.4, 0.5) is 0 Å². The number of aromatic nitrogens is 4. The summed E-state index contributed by atoms with van der Waals surface area (Å²) in [5.74, 6) is -0.706. The minimum absolute atomic E-state index is 0.0573. The second-order valence-corrected chi connectivity index (χ2v) is 5.97. The van der Waals surface area contributed by atoms with Crippen LogP contribution in [0.15, 0.2) is 34.4 Å². The van der Waals surface area contributed by atoms with Crippen molar-refractivity contribution in [3.05, 3.63) is 29.8 Å². The molecule has 0 aliphatic carbocycles. The number of carbonyl (C=O) groups excluding carboxylic acids is 1. The molecule has 2 aromatic rings. The van der Waals surface area contributed by atoms with Gasteiger partial charge < -0.3 is 10.4 Å². The lowest BCUT2D eigenvalue weighted by atomic mass is 10.1. The van der Waals surface area contributed by atoms with Crippen LogP contribution in [0.5, 0.6) is 0 Å². The van der Waals surface area contributed by atoms with E-state index in [1.165, 1.54) is 28.6 Å². The highest BCUT2D eigenvalue weighted by atomic mass is 32.2. The molecule has 0 radical (unpaired) electrons. The van der Waals surface area contributed by atoms with E-state index in [2.05, 4.69) is 25.8 Å². The third-order valence-electron chi connectivity index (χ3n) is 3.45. The minimum Gasteiger partial charge on any atom is -0.478 e. The number of Topliss-reactive ketones (excluding diaryl/α,β-unsaturated/α-hetero) is 1. The molecule has 1 aromatic carbocycles. The second kappa shape index (κ2) is 7.21. The Hall–Kier alpha value is -2.75. The Bertz CT molecular complexity index is 773. The number of ketones is 1. The quantitative estimate of drug-likeness (QED) is 0.721. The maximum absolute atomic E-state index is 12.2. The number of nitrogens with zero attached hydrogens (tertiary/aromatic N) is 5. The Morgan fingerprint density at radius 3 is 2.79 bits per heavy atom. The summed E-state index contributed by atoms with van der Waals surface area (Å²) in [6, 6.07) is 5.96. The molecule has 0 saturated carbocycles. The van der Waals surface area contributed by atoms with Crippen molar-refractivity contribution in [3.63, 3.8) is 0 Å². The average molecular weight is 346 g/mol. The summed E-state index contributed by atoms with van der Waals surface area (Å²) >= 11 is 1.24. The standard InChI is InChI=1S/C14H14N6O3S/c21-12(11-5-6-15-8-16-11)7-24-14-17-18-19-20(14)10-3-1-9(2-4-10)13(22)23/h1-4,8,11H,5-7H2,(H,15,16)(H,22,23). The lowest BCUT2D eigenvalue weighted by Gasteiger charge is -2.17. The number of thioether (sulfide) groups is 1. The Morgan fingerprint density at radius 2 is 2.12 bits per heavy atom. The summed E-state index contributed by atoms with van der Waals surface area (Å²) in [6.07, 6.45) is 2.24. The topological polar surface area (TPSA) is 122 Å². The second-order valence-electron chi connectivity index (χ2n) is 5.02. The fourth-order valence-electron chi connectivity index (χ4n) is 2.16. The summed E-state index contributed by atoms with van der Waals surface area (Å²) < 4.78 is 1.47. The molecule has 0 bridgehead atoms. The van der Waals surface area contributed by atoms with E-state index in [4.69, 9.17) is 5.11 Å². The van der Waals surface area contributed by atoms with Gasteiger partial charge in [-0.3, -0.25) is 9.79 Å². The number of carbonyl (C=O) groups is 2. The molecule has 3 rings (SSSR count). The molecule has 1 atom stereocenters. The highest BCUT2D eigenvalue weighted by Crippen LogP contribution is 2.19. The van der Waals surface area contributed by atoms with Crippen molar-refractivity contribution in [1.29, 1.82) is 0 Å². The van der Waals surface area contributed by atoms with Crippen molar-refractivity contribution in [2.75, 3.05) is 12.3 Å². The number of hydrogen-bond acceptors (Lipinski definition) is 8. The number of nitrogens with one attached hydrogen (secondary N) is 1. The normalized spacial score (nSPS) is 16.6. The van der Waals surface area contributed by atoms with E-state index in [1.54, 1.807) is 18.5 Å². The van der Waals surface area contributed by atoms with E-state index in [9.17, 15) is 9.59 Å². The molecule has 0 amide bonds. The van der Waals surface area contributed by atoms with Gasteiger partial charge in [0.05, 0.1) is 29.4 Å². The zero-order chi connectivity index (χ0) is 16.9. The molecule has 10 heteroatoms. The first kappa shape index (κ1) is 16.1. The Morgan fingerprint density at radius 1 is 1.33 bits per heavy atom. The van der Waals surface area contributed by atoms with Crippen LogP contribution in [0.25, 0.3) is 5.69 Å². The molecule has 0 fully saturated rings. The summed E-state index contributed by atoms with van der Waals surface area (Å²) in [4.78, 5) is 27.1. The molecular weight excluding hydrogens is 332 g/mol. The van der Waals surface area contributed by atoms with E-state index in [0.29, 0.717) is 23.8 Å². The molecular formula is C14H14N6O3S. The minimum atomic E-state index is -0.998. The van der Waals surface area contributed by atoms with Gasteiger partial charge in [-0.05, 0) is 41.1 Å². The molecule has 0 spiro atoms. The Balaban J connectivity index is 1.67. The van der Waals surface area contributed by atoms with E-state index >= 15 is 0 Å². The summed E-state index contributed by atoms with van der Waals surface area (Å²) in [5, 5.41) is 23.8. The molecule has 0 saturated heterocycles. The van der Waals surface area contributed by atoms with E-state index in [0.717, 1.165) is 0 Å². The highest BCUT2D eigenvalue weighted by molar-refractivity contribution is 7.99. The third-order valence-corrected chi connectivity index (χ3v) is 4.39. The lowest BCUT2D eigenvalue weighted by molar-refractivity contribution is -0.118. The first-order chi connectivity index (χ1) is 11.6. The van der Waals surface area contributed by atoms with Gasteiger partial charge in [0, 0.05) is 6.54 Å². The van der Waals surface area contributed by atoms with Crippen LogP contribution in [0.1, 0.15) is 16.8 Å². The molecule has 1 aromatic heterocycles. The molecule has 1 aliphatic heterocycles. The van der Waals surface area contributed by atoms with Crippen molar-refractivity contribution < 1.29 is 14.7 Å². The first-order valence-electron chi connectivity index (χ1n) is 7.17.